The van der Waals surface area contributed by atoms with Crippen LogP contribution in [0.2, 0.25) is 0 Å². The minimum atomic E-state index is -0.619. The quantitative estimate of drug-likeness (QED) is 0.181. The lowest BCUT2D eigenvalue weighted by Gasteiger charge is -2.56. The second kappa shape index (κ2) is 15.4. The van der Waals surface area contributed by atoms with E-state index in [4.69, 9.17) is 14.2 Å². The van der Waals surface area contributed by atoms with E-state index in [2.05, 4.69) is 45.9 Å². The maximum absolute atomic E-state index is 13.2. The fraction of sp³-hybridized carbons (Fsp3) is 0.556. The fourth-order valence-electron chi connectivity index (χ4n) is 10.4. The Morgan fingerprint density at radius 2 is 1.54 bits per heavy atom. The molecule has 9 rings (SSSR count). The van der Waals surface area contributed by atoms with Crippen LogP contribution in [0.25, 0.3) is 11.1 Å². The van der Waals surface area contributed by atoms with Gasteiger partial charge in [-0.3, -0.25) is 9.69 Å². The zero-order valence-electron chi connectivity index (χ0n) is 32.1. The summed E-state index contributed by atoms with van der Waals surface area (Å²) < 4.78 is 19.2. The molecule has 54 heavy (non-hydrogen) atoms. The van der Waals surface area contributed by atoms with Gasteiger partial charge in [0, 0.05) is 30.6 Å². The molecule has 2 aliphatic heterocycles. The first-order chi connectivity index (χ1) is 26.0. The molecule has 6 fully saturated rings. The van der Waals surface area contributed by atoms with E-state index in [1.807, 2.05) is 63.2 Å². The number of esters is 1. The average Bonchev–Trinajstić information content (AvgIpc) is 3.61. The van der Waals surface area contributed by atoms with E-state index in [1.165, 1.54) is 19.3 Å². The van der Waals surface area contributed by atoms with Gasteiger partial charge in [0.15, 0.2) is 6.29 Å². The van der Waals surface area contributed by atoms with Gasteiger partial charge in [0.25, 0.3) is 0 Å². The molecule has 3 N–H and O–H groups in total. The summed E-state index contributed by atoms with van der Waals surface area (Å²) in [6.07, 6.45) is 8.77. The van der Waals surface area contributed by atoms with Crippen LogP contribution in [-0.2, 0) is 32.2 Å². The Morgan fingerprint density at radius 1 is 0.852 bits per heavy atom. The Balaban J connectivity index is 0.960. The number of hydrogen-bond donors (Lipinski definition) is 3. The zero-order valence-corrected chi connectivity index (χ0v) is 32.1. The summed E-state index contributed by atoms with van der Waals surface area (Å²) in [5, 5.41) is 16.2. The van der Waals surface area contributed by atoms with Gasteiger partial charge >= 0.3 is 12.0 Å². The third-order valence-electron chi connectivity index (χ3n) is 12.4. The molecule has 9 heteroatoms. The average molecular weight is 736 g/mol. The molecule has 0 spiro atoms. The highest BCUT2D eigenvalue weighted by Crippen LogP contribution is 2.55. The smallest absolute Gasteiger partial charge is 0.323 e. The van der Waals surface area contributed by atoms with Crippen molar-refractivity contribution in [2.24, 2.45) is 17.8 Å². The molecule has 0 aromatic heterocycles. The molecule has 2 saturated heterocycles. The van der Waals surface area contributed by atoms with Crippen molar-refractivity contribution in [3.8, 4) is 11.1 Å². The van der Waals surface area contributed by atoms with Gasteiger partial charge in [-0.1, -0.05) is 60.7 Å². The van der Waals surface area contributed by atoms with Gasteiger partial charge in [-0.2, -0.15) is 0 Å². The van der Waals surface area contributed by atoms with Crippen LogP contribution in [0.4, 0.5) is 4.79 Å². The lowest BCUT2D eigenvalue weighted by molar-refractivity contribution is -0.253. The van der Waals surface area contributed by atoms with Gasteiger partial charge in [-0.25, -0.2) is 4.79 Å². The largest absolute Gasteiger partial charge is 0.459 e. The number of benzene rings is 3. The molecule has 2 heterocycles. The molecule has 4 saturated carbocycles. The highest BCUT2D eigenvalue weighted by atomic mass is 16.7. The van der Waals surface area contributed by atoms with E-state index >= 15 is 0 Å². The Kier molecular flexibility index (Phi) is 10.6. The van der Waals surface area contributed by atoms with Crippen LogP contribution in [0.15, 0.2) is 72.8 Å². The monoisotopic (exact) mass is 735 g/mol. The highest BCUT2D eigenvalue weighted by molar-refractivity contribution is 5.76. The van der Waals surface area contributed by atoms with Gasteiger partial charge in [0.2, 0.25) is 0 Å². The molecule has 288 valence electrons. The van der Waals surface area contributed by atoms with E-state index in [1.54, 1.807) is 0 Å². The lowest BCUT2D eigenvalue weighted by Crippen LogP contribution is -2.61. The Labute approximate surface area is 320 Å². The number of likely N-dealkylation sites (tertiary alicyclic amines) is 1. The van der Waals surface area contributed by atoms with Crippen LogP contribution in [-0.4, -0.2) is 58.4 Å². The second-order valence-electron chi connectivity index (χ2n) is 17.9. The van der Waals surface area contributed by atoms with Crippen LogP contribution >= 0.6 is 0 Å². The Hall–Kier alpha value is -3.76. The summed E-state index contributed by atoms with van der Waals surface area (Å²) in [4.78, 5) is 28.6. The highest BCUT2D eigenvalue weighted by Gasteiger charge is 2.51. The molecule has 6 aliphatic rings. The van der Waals surface area contributed by atoms with Gasteiger partial charge in [0.05, 0.1) is 18.8 Å². The predicted molar refractivity (Wildman–Crippen MR) is 207 cm³/mol. The second-order valence-corrected chi connectivity index (χ2v) is 17.9. The number of aliphatic hydroxyl groups excluding tert-OH is 1. The number of carbonyl (C=O) groups is 2. The molecule has 3 aromatic rings. The Bertz CT molecular complexity index is 1770. The summed E-state index contributed by atoms with van der Waals surface area (Å²) >= 11 is 0. The summed E-state index contributed by atoms with van der Waals surface area (Å²) in [5.41, 5.74) is 5.37. The number of hydrogen-bond acceptors (Lipinski definition) is 7. The van der Waals surface area contributed by atoms with E-state index in [9.17, 15) is 14.7 Å². The SMILES string of the molecule is CC(C)(C)OC(=O)[C@@H]1CCCN1C[C@@H]1C[C@H](c2ccc(CO)cc2)O[C@H](c2cccc(-c3cccc(CNC(=O)NC45CC6CC(CC(C6)C4)C5)c3)c2)O1. The normalized spacial score (nSPS) is 30.6. The molecule has 4 atom stereocenters. The summed E-state index contributed by atoms with van der Waals surface area (Å²) in [5.74, 6) is 2.17. The maximum Gasteiger partial charge on any atom is 0.323 e. The van der Waals surface area contributed by atoms with Crippen LogP contribution < -0.4 is 10.6 Å². The van der Waals surface area contributed by atoms with Crippen molar-refractivity contribution >= 4 is 12.0 Å². The molecule has 9 nitrogen and oxygen atoms in total. The lowest BCUT2D eigenvalue weighted by atomic mass is 9.53. The van der Waals surface area contributed by atoms with Gasteiger partial charge in [-0.05, 0) is 136 Å². The minimum absolute atomic E-state index is 0.0136. The number of rotatable bonds is 10. The van der Waals surface area contributed by atoms with Crippen molar-refractivity contribution < 1.29 is 28.9 Å². The van der Waals surface area contributed by atoms with Crippen LogP contribution in [0.3, 0.4) is 0 Å². The van der Waals surface area contributed by atoms with Crippen molar-refractivity contribution in [3.05, 3.63) is 95.1 Å². The molecular formula is C45H57N3O6. The van der Waals surface area contributed by atoms with E-state index in [-0.39, 0.29) is 42.4 Å². The van der Waals surface area contributed by atoms with Crippen molar-refractivity contribution in [1.29, 1.82) is 0 Å². The third kappa shape index (κ3) is 8.55. The Morgan fingerprint density at radius 3 is 2.22 bits per heavy atom. The zero-order chi connectivity index (χ0) is 37.5. The fourth-order valence-corrected chi connectivity index (χ4v) is 10.4. The number of aliphatic hydroxyl groups is 1. The first kappa shape index (κ1) is 37.2. The van der Waals surface area contributed by atoms with Crippen molar-refractivity contribution in [2.45, 2.75) is 127 Å². The first-order valence-corrected chi connectivity index (χ1v) is 20.2. The molecular weight excluding hydrogens is 679 g/mol. The van der Waals surface area contributed by atoms with Crippen molar-refractivity contribution in [3.63, 3.8) is 0 Å². The van der Waals surface area contributed by atoms with Crippen LogP contribution in [0.5, 0.6) is 0 Å². The van der Waals surface area contributed by atoms with Crippen LogP contribution in [0, 0.1) is 17.8 Å². The predicted octanol–water partition coefficient (Wildman–Crippen LogP) is 7.97. The number of nitrogens with one attached hydrogen (secondary N) is 2. The number of nitrogens with zero attached hydrogens (tertiary/aromatic N) is 1. The van der Waals surface area contributed by atoms with E-state index in [0.29, 0.717) is 19.5 Å². The molecule has 3 aromatic carbocycles. The molecule has 4 aliphatic carbocycles. The molecule has 0 unspecified atom stereocenters. The molecule has 2 amide bonds. The number of amides is 2. The number of urea groups is 1. The topological polar surface area (TPSA) is 109 Å². The summed E-state index contributed by atoms with van der Waals surface area (Å²) in [6.45, 7) is 7.58. The minimum Gasteiger partial charge on any atom is -0.459 e. The van der Waals surface area contributed by atoms with E-state index in [0.717, 1.165) is 89.8 Å². The van der Waals surface area contributed by atoms with E-state index < -0.39 is 11.9 Å². The van der Waals surface area contributed by atoms with Gasteiger partial charge in [0.1, 0.15) is 11.6 Å². The maximum atomic E-state index is 13.2. The van der Waals surface area contributed by atoms with Crippen molar-refractivity contribution in [2.75, 3.05) is 13.1 Å². The van der Waals surface area contributed by atoms with Crippen LogP contribution in [0.1, 0.15) is 113 Å². The van der Waals surface area contributed by atoms with Gasteiger partial charge in [-0.15, -0.1) is 0 Å². The molecule has 0 radical (unpaired) electrons. The first-order valence-electron chi connectivity index (χ1n) is 20.2. The standard InChI is InChI=1S/C45H57N3O6/c1-44(2,3)54-41(50)39-11-6-16-48(39)27-38-22-40(34-14-12-29(28-49)13-15-34)53-42(52-38)37-10-5-9-36(21-37)35-8-4-7-30(20-35)26-46-43(51)47-45-23-31-17-32(24-45)19-33(18-31)25-45/h4-5,7-10,12-15,20-21,31-33,38-40,42,49H,6,11,16-19,22-28H2,1-3H3,(H2,46,47,51)/t31?,32?,33?,38-,39-,40+,42+,45?/m0/s1. The van der Waals surface area contributed by atoms with Crippen molar-refractivity contribution in [1.82, 2.24) is 15.5 Å². The summed E-state index contributed by atoms with van der Waals surface area (Å²) in [6, 6.07) is 24.2. The third-order valence-corrected chi connectivity index (χ3v) is 12.4. The number of carbonyl (C=O) groups excluding carboxylic acids is 2. The molecule has 4 bridgehead atoms. The number of ether oxygens (including phenoxy) is 3. The van der Waals surface area contributed by atoms with Gasteiger partial charge < -0.3 is 30.0 Å². The summed E-state index contributed by atoms with van der Waals surface area (Å²) in [7, 11) is 0.